The van der Waals surface area contributed by atoms with Gasteiger partial charge in [0.1, 0.15) is 0 Å². The number of hydrogen-bond acceptors (Lipinski definition) is 3. The predicted molar refractivity (Wildman–Crippen MR) is 137 cm³/mol. The number of aromatic nitrogens is 3. The van der Waals surface area contributed by atoms with Gasteiger partial charge in [0.25, 0.3) is 0 Å². The fourth-order valence-electron chi connectivity index (χ4n) is 5.34. The Kier molecular flexibility index (Phi) is 4.28. The summed E-state index contributed by atoms with van der Waals surface area (Å²) in [6.45, 7) is 0. The van der Waals surface area contributed by atoms with Crippen molar-refractivity contribution in [2.75, 3.05) is 0 Å². The van der Waals surface area contributed by atoms with Gasteiger partial charge in [0.2, 0.25) is 0 Å². The molecule has 3 nitrogen and oxygen atoms in total. The number of hydrogen-bond donors (Lipinski definition) is 0. The Morgan fingerprint density at radius 1 is 0.706 bits per heavy atom. The fraction of sp³-hybridized carbons (Fsp3) is 0.0645. The number of rotatable bonds is 3. The summed E-state index contributed by atoms with van der Waals surface area (Å²) in [4.78, 5) is 14.1. The smallest absolute Gasteiger partial charge is 0.0900 e. The molecule has 1 aromatic carbocycles. The quantitative estimate of drug-likeness (QED) is 0.349. The van der Waals surface area contributed by atoms with Gasteiger partial charge in [-0.15, -0.1) is 0 Å². The van der Waals surface area contributed by atoms with Crippen molar-refractivity contribution in [1.82, 2.24) is 15.0 Å². The molecule has 0 N–H and O–H groups in total. The van der Waals surface area contributed by atoms with Gasteiger partial charge in [0.05, 0.1) is 22.8 Å². The van der Waals surface area contributed by atoms with Gasteiger partial charge in [-0.25, -0.2) is 4.98 Å². The molecule has 1 atom stereocenters. The maximum absolute atomic E-state index is 4.95. The van der Waals surface area contributed by atoms with E-state index < -0.39 is 0 Å². The summed E-state index contributed by atoms with van der Waals surface area (Å²) >= 11 is 0. The minimum absolute atomic E-state index is 0.334. The zero-order chi connectivity index (χ0) is 22.5. The molecular formula is C31H21N3. The summed E-state index contributed by atoms with van der Waals surface area (Å²) in [5, 5.41) is 0. The molecule has 34 heavy (non-hydrogen) atoms. The molecule has 0 spiro atoms. The monoisotopic (exact) mass is 435 g/mol. The van der Waals surface area contributed by atoms with Crippen molar-refractivity contribution in [2.24, 2.45) is 0 Å². The molecule has 1 unspecified atom stereocenters. The van der Waals surface area contributed by atoms with Crippen LogP contribution in [0, 0.1) is 0 Å². The first-order valence-electron chi connectivity index (χ1n) is 11.6. The van der Waals surface area contributed by atoms with Gasteiger partial charge in [-0.05, 0) is 81.8 Å². The van der Waals surface area contributed by atoms with Crippen LogP contribution in [-0.2, 0) is 6.42 Å². The van der Waals surface area contributed by atoms with Crippen LogP contribution in [0.1, 0.15) is 22.6 Å². The normalized spacial score (nSPS) is 17.1. The highest BCUT2D eigenvalue weighted by atomic mass is 14.8. The molecule has 3 heterocycles. The second kappa shape index (κ2) is 7.60. The lowest BCUT2D eigenvalue weighted by Crippen LogP contribution is -2.17. The lowest BCUT2D eigenvalue weighted by molar-refractivity contribution is 0.893. The molecule has 3 aliphatic rings. The molecule has 0 saturated heterocycles. The van der Waals surface area contributed by atoms with Crippen LogP contribution in [0.2, 0.25) is 0 Å². The van der Waals surface area contributed by atoms with Crippen LogP contribution in [0.15, 0.2) is 115 Å². The first kappa shape index (κ1) is 19.1. The van der Waals surface area contributed by atoms with Gasteiger partial charge in [-0.1, -0.05) is 60.7 Å². The average Bonchev–Trinajstić information content (AvgIpc) is 2.92. The molecule has 0 radical (unpaired) electrons. The molecule has 0 bridgehead atoms. The van der Waals surface area contributed by atoms with Crippen molar-refractivity contribution in [2.45, 2.75) is 12.3 Å². The van der Waals surface area contributed by atoms with Crippen LogP contribution in [0.5, 0.6) is 0 Å². The van der Waals surface area contributed by atoms with Gasteiger partial charge in [-0.3, -0.25) is 9.97 Å². The lowest BCUT2D eigenvalue weighted by atomic mass is 9.70. The Morgan fingerprint density at radius 2 is 1.47 bits per heavy atom. The average molecular weight is 436 g/mol. The highest BCUT2D eigenvalue weighted by Gasteiger charge is 2.31. The molecule has 0 saturated carbocycles. The third-order valence-electron chi connectivity index (χ3n) is 6.90. The van der Waals surface area contributed by atoms with Gasteiger partial charge in [0, 0.05) is 18.3 Å². The van der Waals surface area contributed by atoms with Crippen molar-refractivity contribution >= 4 is 6.08 Å². The summed E-state index contributed by atoms with van der Waals surface area (Å²) in [6, 6.07) is 20.8. The molecule has 3 heteroatoms. The topological polar surface area (TPSA) is 38.7 Å². The molecule has 160 valence electrons. The van der Waals surface area contributed by atoms with Crippen molar-refractivity contribution in [1.29, 1.82) is 0 Å². The van der Waals surface area contributed by atoms with E-state index in [-0.39, 0.29) is 0 Å². The highest BCUT2D eigenvalue weighted by Crippen LogP contribution is 2.48. The van der Waals surface area contributed by atoms with E-state index in [4.69, 9.17) is 4.98 Å². The number of nitrogens with zero attached hydrogens (tertiary/aromatic N) is 3. The van der Waals surface area contributed by atoms with Gasteiger partial charge in [-0.2, -0.15) is 0 Å². The first-order valence-corrected chi connectivity index (χ1v) is 11.6. The van der Waals surface area contributed by atoms with Crippen molar-refractivity contribution in [3.8, 4) is 33.9 Å². The van der Waals surface area contributed by atoms with Gasteiger partial charge in [0.15, 0.2) is 0 Å². The Labute approximate surface area is 198 Å². The summed E-state index contributed by atoms with van der Waals surface area (Å²) in [7, 11) is 0. The van der Waals surface area contributed by atoms with E-state index in [1.165, 1.54) is 33.4 Å². The Bertz CT molecular complexity index is 1500. The lowest BCUT2D eigenvalue weighted by Gasteiger charge is -2.34. The standard InChI is InChI=1S/C31H21N3/c1-3-16-32-26(8-1)28-18-23(19-29(34-28)27-9-2-4-17-33-27)24-14-12-22-11-10-20-6-5-7-21-13-15-25(24)31(22)30(20)21/h1-10,12-19,30H,11H2. The van der Waals surface area contributed by atoms with Gasteiger partial charge < -0.3 is 0 Å². The molecule has 7 rings (SSSR count). The summed E-state index contributed by atoms with van der Waals surface area (Å²) in [5.41, 5.74) is 12.7. The van der Waals surface area contributed by atoms with E-state index in [1.807, 2.05) is 48.8 Å². The molecule has 0 amide bonds. The molecule has 0 fully saturated rings. The van der Waals surface area contributed by atoms with Crippen molar-refractivity contribution < 1.29 is 0 Å². The Morgan fingerprint density at radius 3 is 2.18 bits per heavy atom. The highest BCUT2D eigenvalue weighted by molar-refractivity contribution is 5.86. The second-order valence-electron chi connectivity index (χ2n) is 8.86. The van der Waals surface area contributed by atoms with E-state index in [2.05, 4.69) is 70.7 Å². The van der Waals surface area contributed by atoms with Crippen molar-refractivity contribution in [3.05, 3.63) is 131 Å². The van der Waals surface area contributed by atoms with Crippen LogP contribution in [-0.4, -0.2) is 15.0 Å². The largest absolute Gasteiger partial charge is 0.255 e. The van der Waals surface area contributed by atoms with E-state index in [1.54, 1.807) is 0 Å². The third kappa shape index (κ3) is 3.01. The van der Waals surface area contributed by atoms with Crippen LogP contribution in [0.4, 0.5) is 0 Å². The Hall–Kier alpha value is -4.37. The molecule has 3 aliphatic carbocycles. The first-order chi connectivity index (χ1) is 16.8. The maximum Gasteiger partial charge on any atom is 0.0900 e. The van der Waals surface area contributed by atoms with E-state index in [0.717, 1.165) is 34.8 Å². The maximum atomic E-state index is 4.95. The second-order valence-corrected chi connectivity index (χ2v) is 8.86. The molecular weight excluding hydrogens is 414 g/mol. The fourth-order valence-corrected chi connectivity index (χ4v) is 5.34. The SMILES string of the molecule is C1=CC2=CCc3ccc(-c4cc(-c5ccccn5)nc(-c5ccccn5)c4)c4c3C2C(=C1)C=C4. The van der Waals surface area contributed by atoms with Crippen LogP contribution < -0.4 is 0 Å². The summed E-state index contributed by atoms with van der Waals surface area (Å²) in [6.07, 6.45) is 18.2. The van der Waals surface area contributed by atoms with Crippen LogP contribution in [0.3, 0.4) is 0 Å². The number of pyridine rings is 3. The Balaban J connectivity index is 1.46. The number of allylic oxidation sites excluding steroid dienone is 7. The molecule has 4 aromatic rings. The zero-order valence-corrected chi connectivity index (χ0v) is 18.5. The van der Waals surface area contributed by atoms with Crippen LogP contribution >= 0.6 is 0 Å². The van der Waals surface area contributed by atoms with Crippen molar-refractivity contribution in [3.63, 3.8) is 0 Å². The summed E-state index contributed by atoms with van der Waals surface area (Å²) in [5.74, 6) is 0.334. The predicted octanol–water partition coefficient (Wildman–Crippen LogP) is 6.96. The van der Waals surface area contributed by atoms with E-state index in [0.29, 0.717) is 5.92 Å². The minimum Gasteiger partial charge on any atom is -0.255 e. The molecule has 0 aliphatic heterocycles. The van der Waals surface area contributed by atoms with Crippen LogP contribution in [0.25, 0.3) is 40.0 Å². The van der Waals surface area contributed by atoms with E-state index >= 15 is 0 Å². The summed E-state index contributed by atoms with van der Waals surface area (Å²) < 4.78 is 0. The van der Waals surface area contributed by atoms with E-state index in [9.17, 15) is 0 Å². The van der Waals surface area contributed by atoms with Gasteiger partial charge >= 0.3 is 0 Å². The zero-order valence-electron chi connectivity index (χ0n) is 18.5. The minimum atomic E-state index is 0.334. The third-order valence-corrected chi connectivity index (χ3v) is 6.90. The molecule has 3 aromatic heterocycles. The number of benzene rings is 1.